The van der Waals surface area contributed by atoms with E-state index in [0.29, 0.717) is 6.07 Å². The number of nitrogens with one attached hydrogen (secondary N) is 1. The van der Waals surface area contributed by atoms with Crippen molar-refractivity contribution < 1.29 is 23.5 Å². The zero-order valence-corrected chi connectivity index (χ0v) is 12.2. The van der Waals surface area contributed by atoms with Crippen molar-refractivity contribution in [3.05, 3.63) is 35.4 Å². The lowest BCUT2D eigenvalue weighted by Crippen LogP contribution is -2.41. The molecular weight excluding hydrogens is 294 g/mol. The molecule has 0 spiro atoms. The Balaban J connectivity index is 1.83. The first kappa shape index (κ1) is 16.4. The molecule has 1 unspecified atom stereocenters. The number of likely N-dealkylation sites (N-methyl/N-ethyl adjacent to an activating group) is 1. The Morgan fingerprint density at radius 1 is 1.32 bits per heavy atom. The molecule has 1 saturated carbocycles. The standard InChI is InChI=1S/C15H18F2N2O3/c1-19(8-13(20)9-2-3-9)14(21)7-18-15(22)10-4-11(16)6-12(17)5-10/h4-6,9,13,20H,2-3,7-8H2,1H3,(H,18,22). The molecule has 0 heterocycles. The molecule has 120 valence electrons. The van der Waals surface area contributed by atoms with E-state index >= 15 is 0 Å². The molecule has 1 atom stereocenters. The van der Waals surface area contributed by atoms with Crippen LogP contribution in [0.25, 0.3) is 0 Å². The van der Waals surface area contributed by atoms with Crippen LogP contribution >= 0.6 is 0 Å². The molecule has 0 aliphatic heterocycles. The maximum absolute atomic E-state index is 13.0. The lowest BCUT2D eigenvalue weighted by Gasteiger charge is -2.20. The highest BCUT2D eigenvalue weighted by atomic mass is 19.1. The third kappa shape index (κ3) is 4.49. The number of halogens is 2. The van der Waals surface area contributed by atoms with Crippen molar-refractivity contribution in [2.24, 2.45) is 5.92 Å². The Kier molecular flexibility index (Phi) is 5.07. The van der Waals surface area contributed by atoms with Crippen LogP contribution in [0.2, 0.25) is 0 Å². The summed E-state index contributed by atoms with van der Waals surface area (Å²) in [7, 11) is 1.53. The summed E-state index contributed by atoms with van der Waals surface area (Å²) >= 11 is 0. The molecule has 2 rings (SSSR count). The van der Waals surface area contributed by atoms with Crippen LogP contribution in [0.1, 0.15) is 23.2 Å². The van der Waals surface area contributed by atoms with E-state index in [4.69, 9.17) is 0 Å². The van der Waals surface area contributed by atoms with Gasteiger partial charge in [0.25, 0.3) is 5.91 Å². The Hall–Kier alpha value is -2.02. The van der Waals surface area contributed by atoms with E-state index in [0.717, 1.165) is 25.0 Å². The van der Waals surface area contributed by atoms with Gasteiger partial charge in [-0.1, -0.05) is 0 Å². The van der Waals surface area contributed by atoms with Crippen LogP contribution in [0, 0.1) is 17.6 Å². The summed E-state index contributed by atoms with van der Waals surface area (Å²) in [5.41, 5.74) is -0.189. The average molecular weight is 312 g/mol. The van der Waals surface area contributed by atoms with Crippen molar-refractivity contribution in [3.8, 4) is 0 Å². The maximum Gasteiger partial charge on any atom is 0.251 e. The first-order valence-electron chi connectivity index (χ1n) is 7.03. The molecule has 2 N–H and O–H groups in total. The highest BCUT2D eigenvalue weighted by Crippen LogP contribution is 2.32. The van der Waals surface area contributed by atoms with Gasteiger partial charge in [0, 0.05) is 25.2 Å². The van der Waals surface area contributed by atoms with Crippen LogP contribution in [-0.2, 0) is 4.79 Å². The largest absolute Gasteiger partial charge is 0.391 e. The van der Waals surface area contributed by atoms with Gasteiger partial charge < -0.3 is 15.3 Å². The molecule has 0 radical (unpaired) electrons. The second-order valence-electron chi connectivity index (χ2n) is 5.52. The minimum Gasteiger partial charge on any atom is -0.391 e. The number of hydrogen-bond acceptors (Lipinski definition) is 3. The number of carbonyl (C=O) groups is 2. The van der Waals surface area contributed by atoms with Gasteiger partial charge in [0.1, 0.15) is 11.6 Å². The number of carbonyl (C=O) groups excluding carboxylic acids is 2. The van der Waals surface area contributed by atoms with Gasteiger partial charge in [-0.3, -0.25) is 9.59 Å². The predicted molar refractivity (Wildman–Crippen MR) is 75.1 cm³/mol. The molecule has 1 aromatic carbocycles. The van der Waals surface area contributed by atoms with Crippen LogP contribution in [0.3, 0.4) is 0 Å². The first-order valence-corrected chi connectivity index (χ1v) is 7.03. The summed E-state index contributed by atoms with van der Waals surface area (Å²) in [6, 6.07) is 2.45. The van der Waals surface area contributed by atoms with Gasteiger partial charge in [-0.05, 0) is 30.9 Å². The van der Waals surface area contributed by atoms with Crippen molar-refractivity contribution in [1.29, 1.82) is 0 Å². The average Bonchev–Trinajstić information content (AvgIpc) is 3.27. The Morgan fingerprint density at radius 3 is 2.45 bits per heavy atom. The summed E-state index contributed by atoms with van der Waals surface area (Å²) in [5.74, 6) is -2.59. The molecule has 1 aromatic rings. The van der Waals surface area contributed by atoms with Crippen molar-refractivity contribution in [2.45, 2.75) is 18.9 Å². The van der Waals surface area contributed by atoms with Gasteiger partial charge in [-0.2, -0.15) is 0 Å². The number of amides is 2. The van der Waals surface area contributed by atoms with E-state index in [1.54, 1.807) is 0 Å². The van der Waals surface area contributed by atoms with Gasteiger partial charge in [0.05, 0.1) is 12.6 Å². The van der Waals surface area contributed by atoms with Crippen LogP contribution < -0.4 is 5.32 Å². The number of aliphatic hydroxyl groups excluding tert-OH is 1. The highest BCUT2D eigenvalue weighted by molar-refractivity contribution is 5.96. The van der Waals surface area contributed by atoms with Gasteiger partial charge >= 0.3 is 0 Å². The molecule has 5 nitrogen and oxygen atoms in total. The van der Waals surface area contributed by atoms with Gasteiger partial charge in [-0.15, -0.1) is 0 Å². The molecule has 22 heavy (non-hydrogen) atoms. The number of rotatable bonds is 6. The monoisotopic (exact) mass is 312 g/mol. The van der Waals surface area contributed by atoms with Crippen LogP contribution in [0.5, 0.6) is 0 Å². The fraction of sp³-hybridized carbons (Fsp3) is 0.467. The normalized spacial score (nSPS) is 15.3. The number of benzene rings is 1. The van der Waals surface area contributed by atoms with Crippen LogP contribution in [-0.4, -0.2) is 48.1 Å². The molecule has 1 aliphatic rings. The van der Waals surface area contributed by atoms with Gasteiger partial charge in [0.2, 0.25) is 5.91 Å². The lowest BCUT2D eigenvalue weighted by molar-refractivity contribution is -0.130. The van der Waals surface area contributed by atoms with E-state index in [9.17, 15) is 23.5 Å². The number of aliphatic hydroxyl groups is 1. The Morgan fingerprint density at radius 2 is 1.91 bits per heavy atom. The van der Waals surface area contributed by atoms with E-state index in [1.807, 2.05) is 0 Å². The number of hydrogen-bond donors (Lipinski definition) is 2. The summed E-state index contributed by atoms with van der Waals surface area (Å²) in [4.78, 5) is 24.9. The van der Waals surface area contributed by atoms with E-state index in [1.165, 1.54) is 11.9 Å². The van der Waals surface area contributed by atoms with Crippen LogP contribution in [0.4, 0.5) is 8.78 Å². The minimum atomic E-state index is -0.860. The molecule has 7 heteroatoms. The maximum atomic E-state index is 13.0. The molecule has 0 saturated heterocycles. The smallest absolute Gasteiger partial charge is 0.251 e. The second-order valence-corrected chi connectivity index (χ2v) is 5.52. The third-order valence-corrected chi connectivity index (χ3v) is 3.58. The molecular formula is C15H18F2N2O3. The zero-order valence-electron chi connectivity index (χ0n) is 12.2. The fourth-order valence-electron chi connectivity index (χ4n) is 2.09. The minimum absolute atomic E-state index is 0.189. The van der Waals surface area contributed by atoms with Crippen molar-refractivity contribution in [2.75, 3.05) is 20.1 Å². The van der Waals surface area contributed by atoms with Gasteiger partial charge in [0.15, 0.2) is 0 Å². The van der Waals surface area contributed by atoms with E-state index in [2.05, 4.69) is 5.32 Å². The zero-order chi connectivity index (χ0) is 16.3. The molecule has 2 amide bonds. The summed E-state index contributed by atoms with van der Waals surface area (Å²) in [5, 5.41) is 12.1. The fourth-order valence-corrected chi connectivity index (χ4v) is 2.09. The number of nitrogens with zero attached hydrogens (tertiary/aromatic N) is 1. The summed E-state index contributed by atoms with van der Waals surface area (Å²) < 4.78 is 26.0. The molecule has 1 fully saturated rings. The molecule has 1 aliphatic carbocycles. The summed E-state index contributed by atoms with van der Waals surface area (Å²) in [6.45, 7) is -0.0984. The Labute approximate surface area is 126 Å². The van der Waals surface area contributed by atoms with Crippen molar-refractivity contribution >= 4 is 11.8 Å². The van der Waals surface area contributed by atoms with E-state index in [-0.39, 0.29) is 30.5 Å². The molecule has 0 aromatic heterocycles. The lowest BCUT2D eigenvalue weighted by atomic mass is 10.2. The predicted octanol–water partition coefficient (Wildman–Crippen LogP) is 0.924. The van der Waals surface area contributed by atoms with Crippen molar-refractivity contribution in [3.63, 3.8) is 0 Å². The third-order valence-electron chi connectivity index (χ3n) is 3.58. The van der Waals surface area contributed by atoms with Gasteiger partial charge in [-0.25, -0.2) is 8.78 Å². The quantitative estimate of drug-likeness (QED) is 0.821. The second kappa shape index (κ2) is 6.83. The molecule has 0 bridgehead atoms. The highest BCUT2D eigenvalue weighted by Gasteiger charge is 2.31. The SMILES string of the molecule is CN(CC(O)C1CC1)C(=O)CNC(=O)c1cc(F)cc(F)c1. The van der Waals surface area contributed by atoms with Crippen molar-refractivity contribution in [1.82, 2.24) is 10.2 Å². The first-order chi connectivity index (χ1) is 10.4. The topological polar surface area (TPSA) is 69.6 Å². The summed E-state index contributed by atoms with van der Waals surface area (Å²) in [6.07, 6.45) is 1.37. The van der Waals surface area contributed by atoms with Crippen LogP contribution in [0.15, 0.2) is 18.2 Å². The Bertz CT molecular complexity index is 556. The van der Waals surface area contributed by atoms with E-state index < -0.39 is 23.6 Å².